The van der Waals surface area contributed by atoms with Crippen molar-refractivity contribution < 1.29 is 9.90 Å². The van der Waals surface area contributed by atoms with Crippen molar-refractivity contribution >= 4 is 34.2 Å². The molecule has 0 saturated carbocycles. The van der Waals surface area contributed by atoms with Crippen LogP contribution in [0, 0.1) is 13.8 Å². The van der Waals surface area contributed by atoms with Gasteiger partial charge in [-0.1, -0.05) is 91.0 Å². The summed E-state index contributed by atoms with van der Waals surface area (Å²) >= 11 is 3.12. The lowest BCUT2D eigenvalue weighted by atomic mass is 9.84. The van der Waals surface area contributed by atoms with Crippen molar-refractivity contribution in [3.05, 3.63) is 118 Å². The van der Waals surface area contributed by atoms with Crippen LogP contribution in [0.2, 0.25) is 0 Å². The number of thioether (sulfide) groups is 1. The number of aromatic nitrogens is 1. The van der Waals surface area contributed by atoms with Gasteiger partial charge < -0.3 is 10.4 Å². The Morgan fingerprint density at radius 2 is 1.36 bits per heavy atom. The minimum atomic E-state index is -0.893. The van der Waals surface area contributed by atoms with Gasteiger partial charge >= 0.3 is 5.97 Å². The smallest absolute Gasteiger partial charge is 0.327 e. The second kappa shape index (κ2) is 10.2. The third-order valence-corrected chi connectivity index (χ3v) is 8.28. The molecule has 33 heavy (non-hydrogen) atoms. The zero-order chi connectivity index (χ0) is 23.3. The van der Waals surface area contributed by atoms with Gasteiger partial charge in [0.2, 0.25) is 0 Å². The quantitative estimate of drug-likeness (QED) is 0.277. The van der Waals surface area contributed by atoms with E-state index < -0.39 is 16.8 Å². The fraction of sp³-hybridized carbons (Fsp3) is 0.185. The van der Waals surface area contributed by atoms with Gasteiger partial charge in [-0.15, -0.1) is 23.1 Å². The van der Waals surface area contributed by atoms with Crippen molar-refractivity contribution in [2.75, 3.05) is 11.1 Å². The number of carboxylic acid groups (broad SMARTS) is 1. The summed E-state index contributed by atoms with van der Waals surface area (Å²) in [7, 11) is 0. The van der Waals surface area contributed by atoms with E-state index in [4.69, 9.17) is 0 Å². The van der Waals surface area contributed by atoms with Crippen molar-refractivity contribution in [2.45, 2.75) is 24.6 Å². The van der Waals surface area contributed by atoms with Crippen LogP contribution in [0.25, 0.3) is 0 Å². The number of aliphatic carboxylic acids is 1. The molecule has 0 spiro atoms. The summed E-state index contributed by atoms with van der Waals surface area (Å²) in [4.78, 5) is 17.8. The molecule has 0 aliphatic heterocycles. The molecule has 168 valence electrons. The van der Waals surface area contributed by atoms with Gasteiger partial charge in [0.15, 0.2) is 5.13 Å². The molecule has 4 aromatic rings. The molecule has 3 aromatic carbocycles. The highest BCUT2D eigenvalue weighted by Gasteiger charge is 2.38. The highest BCUT2D eigenvalue weighted by Crippen LogP contribution is 2.48. The van der Waals surface area contributed by atoms with Crippen molar-refractivity contribution in [3.63, 3.8) is 0 Å². The Morgan fingerprint density at radius 1 is 0.909 bits per heavy atom. The van der Waals surface area contributed by atoms with Crippen molar-refractivity contribution in [3.8, 4) is 0 Å². The van der Waals surface area contributed by atoms with Gasteiger partial charge in [0, 0.05) is 10.6 Å². The maximum absolute atomic E-state index is 12.2. The summed E-state index contributed by atoms with van der Waals surface area (Å²) in [6.07, 6.45) is 0. The second-order valence-electron chi connectivity index (χ2n) is 7.79. The largest absolute Gasteiger partial charge is 0.480 e. The van der Waals surface area contributed by atoms with Gasteiger partial charge in [-0.25, -0.2) is 9.78 Å². The van der Waals surface area contributed by atoms with Gasteiger partial charge in [0.05, 0.1) is 10.4 Å². The lowest BCUT2D eigenvalue weighted by Crippen LogP contribution is -2.35. The molecule has 1 aromatic heterocycles. The molecule has 0 amide bonds. The van der Waals surface area contributed by atoms with E-state index in [0.29, 0.717) is 10.9 Å². The lowest BCUT2D eigenvalue weighted by molar-refractivity contribution is -0.137. The third-order valence-electron chi connectivity index (χ3n) is 5.63. The van der Waals surface area contributed by atoms with Gasteiger partial charge in [-0.3, -0.25) is 0 Å². The zero-order valence-corrected chi connectivity index (χ0v) is 20.2. The Bertz CT molecular complexity index is 1080. The average Bonchev–Trinajstić information content (AvgIpc) is 3.17. The molecule has 0 bridgehead atoms. The number of anilines is 1. The van der Waals surface area contributed by atoms with E-state index in [-0.39, 0.29) is 0 Å². The van der Waals surface area contributed by atoms with E-state index in [0.717, 1.165) is 27.3 Å². The van der Waals surface area contributed by atoms with Gasteiger partial charge in [0.25, 0.3) is 0 Å². The summed E-state index contributed by atoms with van der Waals surface area (Å²) < 4.78 is -0.562. The molecular formula is C27H26N2O2S2. The maximum Gasteiger partial charge on any atom is 0.327 e. The number of carboxylic acids is 1. The predicted molar refractivity (Wildman–Crippen MR) is 138 cm³/mol. The molecule has 0 fully saturated rings. The fourth-order valence-corrected chi connectivity index (χ4v) is 6.25. The highest BCUT2D eigenvalue weighted by atomic mass is 32.2. The minimum Gasteiger partial charge on any atom is -0.480 e. The van der Waals surface area contributed by atoms with E-state index >= 15 is 0 Å². The molecule has 0 unspecified atom stereocenters. The Labute approximate surface area is 202 Å². The van der Waals surface area contributed by atoms with E-state index in [9.17, 15) is 9.90 Å². The van der Waals surface area contributed by atoms with Crippen LogP contribution in [0.15, 0.2) is 91.0 Å². The lowest BCUT2D eigenvalue weighted by Gasteiger charge is -2.36. The summed E-state index contributed by atoms with van der Waals surface area (Å²) in [6, 6.07) is 30.1. The van der Waals surface area contributed by atoms with E-state index in [1.54, 1.807) is 11.8 Å². The second-order valence-corrected chi connectivity index (χ2v) is 10.2. The first-order valence-corrected chi connectivity index (χ1v) is 12.5. The molecule has 1 atom stereocenters. The fourth-order valence-electron chi connectivity index (χ4n) is 3.84. The number of thiazole rings is 1. The topological polar surface area (TPSA) is 62.2 Å². The summed E-state index contributed by atoms with van der Waals surface area (Å²) in [6.45, 7) is 3.93. The van der Waals surface area contributed by atoms with Crippen LogP contribution >= 0.6 is 23.1 Å². The number of aryl methyl sites for hydroxylation is 2. The highest BCUT2D eigenvalue weighted by molar-refractivity contribution is 8.00. The van der Waals surface area contributed by atoms with E-state index in [1.807, 2.05) is 68.4 Å². The molecule has 0 saturated heterocycles. The molecular weight excluding hydrogens is 448 g/mol. The number of hydrogen-bond acceptors (Lipinski definition) is 5. The van der Waals surface area contributed by atoms with Gasteiger partial charge in [-0.05, 0) is 30.5 Å². The van der Waals surface area contributed by atoms with Crippen molar-refractivity contribution in [1.29, 1.82) is 0 Å². The number of nitrogens with one attached hydrogen (secondary N) is 1. The maximum atomic E-state index is 12.2. The van der Waals surface area contributed by atoms with Crippen LogP contribution < -0.4 is 5.32 Å². The van der Waals surface area contributed by atoms with Crippen molar-refractivity contribution in [1.82, 2.24) is 4.98 Å². The Balaban J connectivity index is 1.76. The summed E-state index contributed by atoms with van der Waals surface area (Å²) in [5.41, 5.74) is 4.25. The molecule has 6 heteroatoms. The number of carbonyl (C=O) groups is 1. The zero-order valence-electron chi connectivity index (χ0n) is 18.6. The molecule has 1 heterocycles. The number of hydrogen-bond donors (Lipinski definition) is 2. The molecule has 0 aliphatic carbocycles. The van der Waals surface area contributed by atoms with Crippen LogP contribution in [-0.4, -0.2) is 27.9 Å². The van der Waals surface area contributed by atoms with Gasteiger partial charge in [0.1, 0.15) is 6.04 Å². The number of rotatable bonds is 9. The van der Waals surface area contributed by atoms with Crippen molar-refractivity contribution in [2.24, 2.45) is 0 Å². The number of benzene rings is 3. The first-order chi connectivity index (χ1) is 16.0. The summed E-state index contributed by atoms with van der Waals surface area (Å²) in [5.74, 6) is -0.540. The molecule has 0 radical (unpaired) electrons. The minimum absolute atomic E-state index is 0.353. The predicted octanol–water partition coefficient (Wildman–Crippen LogP) is 6.35. The average molecular weight is 475 g/mol. The van der Waals surface area contributed by atoms with Crippen LogP contribution in [0.1, 0.15) is 27.3 Å². The van der Waals surface area contributed by atoms with Crippen LogP contribution in [0.4, 0.5) is 5.13 Å². The molecule has 0 aliphatic rings. The van der Waals surface area contributed by atoms with Crippen LogP contribution in [0.5, 0.6) is 0 Å². The molecule has 4 nitrogen and oxygen atoms in total. The SMILES string of the molecule is Cc1nc(N[C@@H](CSC(c2ccccc2)(c2ccccc2)c2ccccc2)C(=O)O)sc1C. The Morgan fingerprint density at radius 3 is 1.73 bits per heavy atom. The van der Waals surface area contributed by atoms with E-state index in [2.05, 4.69) is 46.7 Å². The third kappa shape index (κ3) is 4.97. The number of nitrogens with zero attached hydrogens (tertiary/aromatic N) is 1. The first-order valence-electron chi connectivity index (χ1n) is 10.7. The van der Waals surface area contributed by atoms with E-state index in [1.165, 1.54) is 11.3 Å². The first kappa shape index (κ1) is 23.1. The van der Waals surface area contributed by atoms with Crippen LogP contribution in [-0.2, 0) is 9.54 Å². The summed E-state index contributed by atoms with van der Waals surface area (Å²) in [5, 5.41) is 13.8. The van der Waals surface area contributed by atoms with Crippen LogP contribution in [0.3, 0.4) is 0 Å². The standard InChI is InChI=1S/C27H26N2O2S2/c1-19-20(2)33-26(28-19)29-24(25(30)31)18-32-27(21-12-6-3-7-13-21,22-14-8-4-9-15-22)23-16-10-5-11-17-23/h3-17,24H,18H2,1-2H3,(H,28,29)(H,30,31)/t24-/m0/s1. The monoisotopic (exact) mass is 474 g/mol. The normalized spacial score (nSPS) is 12.3. The molecule has 4 rings (SSSR count). The Kier molecular flexibility index (Phi) is 7.16. The van der Waals surface area contributed by atoms with Gasteiger partial charge in [-0.2, -0.15) is 0 Å². The Hall–Kier alpha value is -3.09. The molecule has 2 N–H and O–H groups in total.